The van der Waals surface area contributed by atoms with Gasteiger partial charge < -0.3 is 19.6 Å². The van der Waals surface area contributed by atoms with Gasteiger partial charge in [-0.3, -0.25) is 0 Å². The van der Waals surface area contributed by atoms with Gasteiger partial charge in [0.2, 0.25) is 6.41 Å². The summed E-state index contributed by atoms with van der Waals surface area (Å²) >= 11 is 6.28. The second-order valence-corrected chi connectivity index (χ2v) is 8.81. The minimum atomic E-state index is -0.953. The van der Waals surface area contributed by atoms with Crippen molar-refractivity contribution in [3.8, 4) is 5.75 Å². The topological polar surface area (TPSA) is 57.7 Å². The van der Waals surface area contributed by atoms with E-state index in [0.717, 1.165) is 39.4 Å². The molecule has 0 bridgehead atoms. The van der Waals surface area contributed by atoms with Crippen LogP contribution in [0.3, 0.4) is 0 Å². The maximum absolute atomic E-state index is 10.9. The molecule has 0 saturated heterocycles. The largest absolute Gasteiger partial charge is 0.490 e. The molecule has 2 N–H and O–H groups in total. The third-order valence-corrected chi connectivity index (χ3v) is 6.39. The van der Waals surface area contributed by atoms with E-state index in [1.807, 2.05) is 35.2 Å². The summed E-state index contributed by atoms with van der Waals surface area (Å²) < 4.78 is 11.5. The average molecular weight is 439 g/mol. The van der Waals surface area contributed by atoms with E-state index in [1.54, 1.807) is 6.08 Å². The van der Waals surface area contributed by atoms with Crippen molar-refractivity contribution >= 4 is 22.5 Å². The van der Waals surface area contributed by atoms with Gasteiger partial charge in [0.1, 0.15) is 12.4 Å². The lowest BCUT2D eigenvalue weighted by Gasteiger charge is -2.38. The molecule has 2 aliphatic rings. The van der Waals surface area contributed by atoms with E-state index in [1.165, 1.54) is 18.4 Å². The molecular weight excluding hydrogens is 412 g/mol. The van der Waals surface area contributed by atoms with Crippen molar-refractivity contribution in [2.45, 2.75) is 31.7 Å². The molecule has 1 fully saturated rings. The number of aromatic amines is 1. The molecule has 3 aromatic rings. The van der Waals surface area contributed by atoms with Crippen LogP contribution in [-0.4, -0.2) is 41.2 Å². The number of nitrogens with one attached hydrogen (secondary N) is 1. The number of hydrogen-bond donors (Lipinski definition) is 2. The van der Waals surface area contributed by atoms with Crippen LogP contribution in [0.25, 0.3) is 10.9 Å². The zero-order chi connectivity index (χ0) is 21.4. The number of benzene rings is 2. The Balaban J connectivity index is 1.52. The number of aliphatic hydroxyl groups is 1. The van der Waals surface area contributed by atoms with E-state index >= 15 is 0 Å². The van der Waals surface area contributed by atoms with E-state index in [-0.39, 0.29) is 6.04 Å². The first-order valence-electron chi connectivity index (χ1n) is 10.8. The zero-order valence-electron chi connectivity index (χ0n) is 17.4. The maximum Gasteiger partial charge on any atom is 0.216 e. The Morgan fingerprint density at radius 2 is 2.03 bits per heavy atom. The van der Waals surface area contributed by atoms with E-state index in [2.05, 4.69) is 23.7 Å². The van der Waals surface area contributed by atoms with E-state index in [0.29, 0.717) is 25.7 Å². The van der Waals surface area contributed by atoms with Crippen molar-refractivity contribution in [2.75, 3.05) is 19.8 Å². The lowest BCUT2D eigenvalue weighted by molar-refractivity contribution is -0.206. The number of rotatable bonds is 8. The van der Waals surface area contributed by atoms with Crippen LogP contribution in [-0.2, 0) is 11.2 Å². The van der Waals surface area contributed by atoms with Gasteiger partial charge in [-0.15, -0.1) is 0 Å². The number of aromatic nitrogens is 1. The Labute approximate surface area is 187 Å². The van der Waals surface area contributed by atoms with Crippen LogP contribution in [0.1, 0.15) is 35.7 Å². The lowest BCUT2D eigenvalue weighted by Crippen LogP contribution is -2.44. The number of fused-ring (bicyclic) bond motifs is 3. The predicted molar refractivity (Wildman–Crippen MR) is 122 cm³/mol. The SMILES string of the molecule is C=CCOc1ccc([C@H]2c3[nH]c4ccc(Cl)cc4c3CCN2C(O)OCC2CC2)cc1. The number of hydrogen-bond acceptors (Lipinski definition) is 4. The standard InChI is InChI=1S/C25H27ClN2O3/c1-2-13-30-19-8-5-17(6-9-19)24-23-20(21-14-18(26)7-10-22(21)27-23)11-12-28(24)25(29)31-15-16-3-4-16/h2,5-10,14,16,24-25,27,29H,1,3-4,11-13,15H2/t24-,25?/m0/s1. The van der Waals surface area contributed by atoms with Crippen molar-refractivity contribution in [2.24, 2.45) is 5.92 Å². The molecule has 2 heterocycles. The molecule has 0 spiro atoms. The van der Waals surface area contributed by atoms with Gasteiger partial charge in [0, 0.05) is 28.2 Å². The fourth-order valence-corrected chi connectivity index (χ4v) is 4.55. The lowest BCUT2D eigenvalue weighted by atomic mass is 9.92. The summed E-state index contributed by atoms with van der Waals surface area (Å²) in [5.74, 6) is 1.38. The monoisotopic (exact) mass is 438 g/mol. The third-order valence-electron chi connectivity index (χ3n) is 6.15. The fraction of sp³-hybridized carbons (Fsp3) is 0.360. The van der Waals surface area contributed by atoms with Gasteiger partial charge in [0.25, 0.3) is 0 Å². The first-order chi connectivity index (χ1) is 15.1. The van der Waals surface area contributed by atoms with E-state index < -0.39 is 6.41 Å². The summed E-state index contributed by atoms with van der Waals surface area (Å²) in [6, 6.07) is 13.8. The summed E-state index contributed by atoms with van der Waals surface area (Å²) in [6.45, 7) is 5.46. The third kappa shape index (κ3) is 4.23. The Bertz CT molecular complexity index is 1070. The smallest absolute Gasteiger partial charge is 0.216 e. The highest BCUT2D eigenvalue weighted by atomic mass is 35.5. The van der Waals surface area contributed by atoms with E-state index in [4.69, 9.17) is 21.1 Å². The summed E-state index contributed by atoms with van der Waals surface area (Å²) in [6.07, 6.45) is 3.97. The first kappa shape index (κ1) is 20.6. The molecule has 1 aliphatic carbocycles. The number of aliphatic hydroxyl groups excluding tert-OH is 1. The summed E-state index contributed by atoms with van der Waals surface area (Å²) in [5.41, 5.74) is 4.46. The number of halogens is 1. The molecule has 2 atom stereocenters. The summed E-state index contributed by atoms with van der Waals surface area (Å²) in [7, 11) is 0. The van der Waals surface area contributed by atoms with Gasteiger partial charge >= 0.3 is 0 Å². The van der Waals surface area contributed by atoms with Crippen molar-refractivity contribution in [1.82, 2.24) is 9.88 Å². The molecule has 0 radical (unpaired) electrons. The quantitative estimate of drug-likeness (QED) is 0.382. The highest BCUT2D eigenvalue weighted by Crippen LogP contribution is 2.40. The number of H-pyrrole nitrogens is 1. The first-order valence-corrected chi connectivity index (χ1v) is 11.2. The normalized spacial score (nSPS) is 19.9. The van der Waals surface area contributed by atoms with Crippen molar-refractivity contribution in [3.05, 3.63) is 77.0 Å². The van der Waals surface area contributed by atoms with Gasteiger partial charge in [0.15, 0.2) is 0 Å². The predicted octanol–water partition coefficient (Wildman–Crippen LogP) is 5.04. The molecule has 5 nitrogen and oxygen atoms in total. The molecule has 162 valence electrons. The molecule has 31 heavy (non-hydrogen) atoms. The zero-order valence-corrected chi connectivity index (χ0v) is 18.1. The molecule has 0 amide bonds. The summed E-state index contributed by atoms with van der Waals surface area (Å²) in [4.78, 5) is 5.62. The van der Waals surface area contributed by atoms with Crippen LogP contribution >= 0.6 is 11.6 Å². The minimum absolute atomic E-state index is 0.155. The Morgan fingerprint density at radius 1 is 1.23 bits per heavy atom. The van der Waals surface area contributed by atoms with Gasteiger partial charge in [-0.1, -0.05) is 36.4 Å². The number of nitrogens with zero attached hydrogens (tertiary/aromatic N) is 1. The molecule has 1 aliphatic heterocycles. The van der Waals surface area contributed by atoms with Crippen molar-refractivity contribution < 1.29 is 14.6 Å². The van der Waals surface area contributed by atoms with Crippen molar-refractivity contribution in [3.63, 3.8) is 0 Å². The summed E-state index contributed by atoms with van der Waals surface area (Å²) in [5, 5.41) is 12.8. The number of ether oxygens (including phenoxy) is 2. The van der Waals surface area contributed by atoms with Gasteiger partial charge in [0.05, 0.1) is 12.6 Å². The van der Waals surface area contributed by atoms with Gasteiger partial charge in [-0.2, -0.15) is 0 Å². The van der Waals surface area contributed by atoms with Crippen molar-refractivity contribution in [1.29, 1.82) is 0 Å². The van der Waals surface area contributed by atoms with Crippen LogP contribution in [0, 0.1) is 5.92 Å². The second-order valence-electron chi connectivity index (χ2n) is 8.37. The van der Waals surface area contributed by atoms with Gasteiger partial charge in [-0.05, 0) is 66.6 Å². The van der Waals surface area contributed by atoms with Crippen LogP contribution in [0.5, 0.6) is 5.75 Å². The Morgan fingerprint density at radius 3 is 2.77 bits per heavy atom. The van der Waals surface area contributed by atoms with Crippen LogP contribution in [0.15, 0.2) is 55.1 Å². The van der Waals surface area contributed by atoms with Crippen LogP contribution in [0.2, 0.25) is 5.02 Å². The van der Waals surface area contributed by atoms with E-state index in [9.17, 15) is 5.11 Å². The average Bonchev–Trinajstić information content (AvgIpc) is 3.55. The van der Waals surface area contributed by atoms with Gasteiger partial charge in [-0.25, -0.2) is 4.90 Å². The van der Waals surface area contributed by atoms with Crippen LogP contribution in [0.4, 0.5) is 0 Å². The Hall–Kier alpha value is -2.31. The molecule has 6 heteroatoms. The van der Waals surface area contributed by atoms with Crippen LogP contribution < -0.4 is 4.74 Å². The molecular formula is C25H27ClN2O3. The fourth-order valence-electron chi connectivity index (χ4n) is 4.38. The maximum atomic E-state index is 10.9. The Kier molecular flexibility index (Phi) is 5.76. The minimum Gasteiger partial charge on any atom is -0.490 e. The second kappa shape index (κ2) is 8.67. The molecule has 1 aromatic heterocycles. The molecule has 2 aromatic carbocycles. The molecule has 1 unspecified atom stereocenters. The highest BCUT2D eigenvalue weighted by molar-refractivity contribution is 6.31. The molecule has 5 rings (SSSR count). The highest BCUT2D eigenvalue weighted by Gasteiger charge is 2.36. The molecule has 1 saturated carbocycles.